The number of aliphatic hydroxyl groups is 1. The van der Waals surface area contributed by atoms with Crippen LogP contribution in [0.4, 0.5) is 0 Å². The number of allylic oxidation sites excluding steroid dienone is 1. The molecule has 0 saturated heterocycles. The fourth-order valence-electron chi connectivity index (χ4n) is 4.57. The summed E-state index contributed by atoms with van der Waals surface area (Å²) in [5.41, 5.74) is 10.0. The van der Waals surface area contributed by atoms with Gasteiger partial charge in [-0.2, -0.15) is 0 Å². The van der Waals surface area contributed by atoms with Gasteiger partial charge in [-0.15, -0.1) is 11.8 Å². The highest BCUT2D eigenvalue weighted by atomic mass is 32.2. The number of benzene rings is 2. The van der Waals surface area contributed by atoms with Crippen LogP contribution in [-0.4, -0.2) is 38.0 Å². The minimum absolute atomic E-state index is 0.156. The molecule has 0 unspecified atom stereocenters. The number of rotatable bonds is 7. The first-order chi connectivity index (χ1) is 16.7. The molecule has 0 amide bonds. The van der Waals surface area contributed by atoms with Crippen LogP contribution in [0.1, 0.15) is 30.4 Å². The van der Waals surface area contributed by atoms with E-state index in [2.05, 4.69) is 64.1 Å². The van der Waals surface area contributed by atoms with E-state index in [-0.39, 0.29) is 6.61 Å². The van der Waals surface area contributed by atoms with Crippen molar-refractivity contribution in [2.75, 3.05) is 12.9 Å². The minimum atomic E-state index is 0.156. The molecule has 34 heavy (non-hydrogen) atoms. The SMILES string of the molecule is CSc1nc(-c2ccc(CCO)cc2)cn2c(-c3ccc(C4=CN=C(C5CC5)C4)cc3)cnc12. The maximum Gasteiger partial charge on any atom is 0.170 e. The summed E-state index contributed by atoms with van der Waals surface area (Å²) >= 11 is 1.61. The summed E-state index contributed by atoms with van der Waals surface area (Å²) in [6, 6.07) is 17.0. The van der Waals surface area contributed by atoms with Crippen molar-refractivity contribution in [2.45, 2.75) is 30.7 Å². The fraction of sp³-hybridized carbons (Fsp3) is 0.250. The molecule has 5 nitrogen and oxygen atoms in total. The largest absolute Gasteiger partial charge is 0.396 e. The van der Waals surface area contributed by atoms with Gasteiger partial charge in [-0.25, -0.2) is 9.97 Å². The number of thioether (sulfide) groups is 1. The molecule has 2 aromatic carbocycles. The number of aliphatic imine (C=N–C) groups is 1. The normalized spacial score (nSPS) is 15.6. The van der Waals surface area contributed by atoms with Gasteiger partial charge in [-0.3, -0.25) is 9.39 Å². The zero-order valence-electron chi connectivity index (χ0n) is 19.1. The lowest BCUT2D eigenvalue weighted by Crippen LogP contribution is -1.98. The molecule has 1 N–H and O–H groups in total. The number of nitrogens with zero attached hydrogens (tertiary/aromatic N) is 4. The summed E-state index contributed by atoms with van der Waals surface area (Å²) in [5.74, 6) is 0.727. The molecule has 6 heteroatoms. The molecule has 6 rings (SSSR count). The van der Waals surface area contributed by atoms with Crippen LogP contribution in [0.3, 0.4) is 0 Å². The number of fused-ring (bicyclic) bond motifs is 1. The van der Waals surface area contributed by atoms with Crippen LogP contribution in [-0.2, 0) is 6.42 Å². The molecule has 4 aromatic rings. The fourth-order valence-corrected chi connectivity index (χ4v) is 5.09. The molecule has 0 bridgehead atoms. The van der Waals surface area contributed by atoms with Crippen molar-refractivity contribution in [3.8, 4) is 22.5 Å². The van der Waals surface area contributed by atoms with Gasteiger partial charge in [0.05, 0.1) is 17.6 Å². The van der Waals surface area contributed by atoms with Crippen molar-refractivity contribution in [1.29, 1.82) is 0 Å². The first-order valence-electron chi connectivity index (χ1n) is 11.7. The van der Waals surface area contributed by atoms with Crippen molar-refractivity contribution in [3.63, 3.8) is 0 Å². The highest BCUT2D eigenvalue weighted by Gasteiger charge is 2.29. The van der Waals surface area contributed by atoms with Crippen LogP contribution in [0.25, 0.3) is 33.7 Å². The number of imidazole rings is 1. The Morgan fingerprint density at radius 3 is 2.44 bits per heavy atom. The van der Waals surface area contributed by atoms with E-state index in [1.54, 1.807) is 11.8 Å². The third-order valence-electron chi connectivity index (χ3n) is 6.66. The lowest BCUT2D eigenvalue weighted by molar-refractivity contribution is 0.299. The zero-order chi connectivity index (χ0) is 23.1. The average Bonchev–Trinajstić information content (AvgIpc) is 3.45. The van der Waals surface area contributed by atoms with Crippen molar-refractivity contribution < 1.29 is 5.11 Å². The zero-order valence-corrected chi connectivity index (χ0v) is 19.9. The van der Waals surface area contributed by atoms with Crippen molar-refractivity contribution >= 4 is 28.7 Å². The van der Waals surface area contributed by atoms with E-state index >= 15 is 0 Å². The maximum absolute atomic E-state index is 9.19. The Morgan fingerprint density at radius 2 is 1.74 bits per heavy atom. The average molecular weight is 467 g/mol. The summed E-state index contributed by atoms with van der Waals surface area (Å²) < 4.78 is 2.15. The molecule has 1 saturated carbocycles. The molecular formula is C28H26N4OS. The number of hydrogen-bond donors (Lipinski definition) is 1. The van der Waals surface area contributed by atoms with Gasteiger partial charge in [0.15, 0.2) is 5.65 Å². The van der Waals surface area contributed by atoms with Crippen LogP contribution in [0, 0.1) is 5.92 Å². The van der Waals surface area contributed by atoms with E-state index in [1.807, 2.05) is 18.7 Å². The Labute approximate surface area is 203 Å². The van der Waals surface area contributed by atoms with Crippen LogP contribution < -0.4 is 0 Å². The Morgan fingerprint density at radius 1 is 1.00 bits per heavy atom. The van der Waals surface area contributed by atoms with Gasteiger partial charge in [-0.1, -0.05) is 48.5 Å². The predicted molar refractivity (Wildman–Crippen MR) is 139 cm³/mol. The molecule has 0 radical (unpaired) electrons. The van der Waals surface area contributed by atoms with Gasteiger partial charge >= 0.3 is 0 Å². The molecule has 170 valence electrons. The van der Waals surface area contributed by atoms with E-state index in [9.17, 15) is 5.11 Å². The molecule has 1 aliphatic heterocycles. The molecule has 1 aliphatic carbocycles. The summed E-state index contributed by atoms with van der Waals surface area (Å²) in [4.78, 5) is 14.2. The summed E-state index contributed by atoms with van der Waals surface area (Å²) in [5, 5.41) is 10.1. The van der Waals surface area contributed by atoms with Gasteiger partial charge in [-0.05, 0) is 48.1 Å². The van der Waals surface area contributed by atoms with Crippen molar-refractivity contribution in [3.05, 3.63) is 78.3 Å². The van der Waals surface area contributed by atoms with Crippen LogP contribution in [0.5, 0.6) is 0 Å². The highest BCUT2D eigenvalue weighted by Crippen LogP contribution is 2.38. The second kappa shape index (κ2) is 8.85. The third kappa shape index (κ3) is 3.97. The van der Waals surface area contributed by atoms with Crippen LogP contribution in [0.15, 0.2) is 77.1 Å². The van der Waals surface area contributed by atoms with Crippen LogP contribution in [0.2, 0.25) is 0 Å². The highest BCUT2D eigenvalue weighted by molar-refractivity contribution is 7.98. The number of aliphatic hydroxyl groups excluding tert-OH is 1. The molecule has 2 aromatic heterocycles. The second-order valence-electron chi connectivity index (χ2n) is 8.95. The molecular weight excluding hydrogens is 440 g/mol. The number of hydrogen-bond acceptors (Lipinski definition) is 5. The smallest absolute Gasteiger partial charge is 0.170 e. The quantitative estimate of drug-likeness (QED) is 0.344. The van der Waals surface area contributed by atoms with Gasteiger partial charge in [0.25, 0.3) is 0 Å². The van der Waals surface area contributed by atoms with E-state index in [0.717, 1.165) is 51.1 Å². The Hall–Kier alpha value is -3.22. The van der Waals surface area contributed by atoms with Gasteiger partial charge in [0.1, 0.15) is 5.03 Å². The monoisotopic (exact) mass is 466 g/mol. The number of aromatic nitrogens is 3. The molecule has 3 heterocycles. The van der Waals surface area contributed by atoms with E-state index in [4.69, 9.17) is 9.97 Å². The summed E-state index contributed by atoms with van der Waals surface area (Å²) in [6.45, 7) is 0.156. The third-order valence-corrected chi connectivity index (χ3v) is 7.32. The van der Waals surface area contributed by atoms with E-state index in [0.29, 0.717) is 6.42 Å². The molecule has 2 aliphatic rings. The van der Waals surface area contributed by atoms with E-state index in [1.165, 1.54) is 29.7 Å². The van der Waals surface area contributed by atoms with Crippen molar-refractivity contribution in [2.24, 2.45) is 10.9 Å². The Bertz CT molecular complexity index is 1410. The van der Waals surface area contributed by atoms with E-state index < -0.39 is 0 Å². The molecule has 0 spiro atoms. The predicted octanol–water partition coefficient (Wildman–Crippen LogP) is 5.92. The second-order valence-corrected chi connectivity index (χ2v) is 9.74. The minimum Gasteiger partial charge on any atom is -0.396 e. The summed E-state index contributed by atoms with van der Waals surface area (Å²) in [7, 11) is 0. The summed E-state index contributed by atoms with van der Waals surface area (Å²) in [6.07, 6.45) is 12.3. The topological polar surface area (TPSA) is 62.8 Å². The Kier molecular flexibility index (Phi) is 5.55. The van der Waals surface area contributed by atoms with Crippen molar-refractivity contribution in [1.82, 2.24) is 14.4 Å². The van der Waals surface area contributed by atoms with Gasteiger partial charge in [0, 0.05) is 42.3 Å². The standard InChI is InChI=1S/C28H26N4OS/c1-34-28-27-30-16-26(32(27)17-25(31-28)21-4-2-18(3-5-21)12-13-33)22-10-6-19(7-11-22)23-14-24(29-15-23)20-8-9-20/h2-7,10-11,15-17,20,33H,8-9,12-14H2,1H3. The Balaban J connectivity index is 1.33. The lowest BCUT2D eigenvalue weighted by Gasteiger charge is -2.10. The molecule has 0 atom stereocenters. The lowest BCUT2D eigenvalue weighted by atomic mass is 9.99. The van der Waals surface area contributed by atoms with Gasteiger partial charge in [0.2, 0.25) is 0 Å². The van der Waals surface area contributed by atoms with Crippen LogP contribution >= 0.6 is 11.8 Å². The van der Waals surface area contributed by atoms with Gasteiger partial charge < -0.3 is 5.11 Å². The maximum atomic E-state index is 9.19. The molecule has 1 fully saturated rings. The first-order valence-corrected chi connectivity index (χ1v) is 12.9. The first kappa shape index (κ1) is 21.3.